The van der Waals surface area contributed by atoms with Crippen LogP contribution in [-0.4, -0.2) is 29.1 Å². The molecule has 0 saturated carbocycles. The summed E-state index contributed by atoms with van der Waals surface area (Å²) in [5.41, 5.74) is 5.83. The molecular formula is C24H30N4O4. The Kier molecular flexibility index (Phi) is 7.02. The van der Waals surface area contributed by atoms with Crippen LogP contribution in [0.3, 0.4) is 0 Å². The number of amides is 1. The number of carbonyl (C=O) groups is 1. The van der Waals surface area contributed by atoms with E-state index < -0.39 is 17.2 Å². The first-order valence-electron chi connectivity index (χ1n) is 10.8. The first-order valence-corrected chi connectivity index (χ1v) is 10.8. The number of nitrogens with zero attached hydrogens (tertiary/aromatic N) is 2. The Morgan fingerprint density at radius 2 is 1.84 bits per heavy atom. The van der Waals surface area contributed by atoms with Crippen LogP contribution in [0.4, 0.5) is 11.5 Å². The number of benzene rings is 2. The topological polar surface area (TPSA) is 110 Å². The Morgan fingerprint density at radius 1 is 1.16 bits per heavy atom. The van der Waals surface area contributed by atoms with E-state index in [1.54, 1.807) is 21.0 Å². The zero-order chi connectivity index (χ0) is 23.4. The Hall–Kier alpha value is -3.55. The molecule has 0 bridgehead atoms. The van der Waals surface area contributed by atoms with E-state index in [0.717, 1.165) is 34.9 Å². The average Bonchev–Trinajstić information content (AvgIpc) is 2.79. The number of nitrogens with one attached hydrogen (secondary N) is 1. The summed E-state index contributed by atoms with van der Waals surface area (Å²) in [5, 5.41) is 1.99. The standard InChI is InChI=1S/C24H30N4O4/c1-5-7-12-28-21(25)20(22(29)26-24(28)31)27(6-2)23(30)15(3)16-8-9-18-14-19(32-4)11-10-17(18)13-16/h8-11,13-15H,5-7,12,25H2,1-4H3,(H,26,29,31). The van der Waals surface area contributed by atoms with Crippen LogP contribution in [0.15, 0.2) is 46.0 Å². The van der Waals surface area contributed by atoms with Crippen LogP contribution in [0.2, 0.25) is 0 Å². The molecule has 1 atom stereocenters. The smallest absolute Gasteiger partial charge is 0.330 e. The number of nitrogen functional groups attached to an aromatic ring is 1. The highest BCUT2D eigenvalue weighted by Crippen LogP contribution is 2.28. The predicted molar refractivity (Wildman–Crippen MR) is 128 cm³/mol. The lowest BCUT2D eigenvalue weighted by Crippen LogP contribution is -2.42. The maximum absolute atomic E-state index is 13.4. The molecule has 1 aromatic heterocycles. The molecule has 1 heterocycles. The lowest BCUT2D eigenvalue weighted by Gasteiger charge is -2.26. The number of hydrogen-bond acceptors (Lipinski definition) is 5. The van der Waals surface area contributed by atoms with Gasteiger partial charge in [-0.2, -0.15) is 0 Å². The molecule has 0 spiro atoms. The van der Waals surface area contributed by atoms with Gasteiger partial charge < -0.3 is 15.4 Å². The molecule has 0 aliphatic heterocycles. The second-order valence-corrected chi connectivity index (χ2v) is 7.78. The average molecular weight is 439 g/mol. The lowest BCUT2D eigenvalue weighted by atomic mass is 9.96. The molecule has 2 aromatic carbocycles. The zero-order valence-corrected chi connectivity index (χ0v) is 19.0. The second-order valence-electron chi connectivity index (χ2n) is 7.78. The number of rotatable bonds is 8. The highest BCUT2D eigenvalue weighted by atomic mass is 16.5. The number of methoxy groups -OCH3 is 1. The lowest BCUT2D eigenvalue weighted by molar-refractivity contribution is -0.119. The van der Waals surface area contributed by atoms with Crippen LogP contribution >= 0.6 is 0 Å². The fraction of sp³-hybridized carbons (Fsp3) is 0.375. The van der Waals surface area contributed by atoms with Gasteiger partial charge in [0.25, 0.3) is 5.56 Å². The number of aromatic amines is 1. The van der Waals surface area contributed by atoms with Gasteiger partial charge in [-0.05, 0) is 48.7 Å². The van der Waals surface area contributed by atoms with Crippen LogP contribution in [0.5, 0.6) is 5.75 Å². The van der Waals surface area contributed by atoms with Crippen molar-refractivity contribution in [2.75, 3.05) is 24.3 Å². The summed E-state index contributed by atoms with van der Waals surface area (Å²) in [6.45, 7) is 6.19. The van der Waals surface area contributed by atoms with Crippen LogP contribution < -0.4 is 26.6 Å². The van der Waals surface area contributed by atoms with Gasteiger partial charge in [-0.15, -0.1) is 0 Å². The Morgan fingerprint density at radius 3 is 2.50 bits per heavy atom. The van der Waals surface area contributed by atoms with E-state index in [2.05, 4.69) is 4.98 Å². The maximum atomic E-state index is 13.4. The van der Waals surface area contributed by atoms with Crippen molar-refractivity contribution in [2.24, 2.45) is 0 Å². The van der Waals surface area contributed by atoms with Crippen LogP contribution in [0, 0.1) is 0 Å². The highest BCUT2D eigenvalue weighted by Gasteiger charge is 2.27. The largest absolute Gasteiger partial charge is 0.497 e. The fourth-order valence-electron chi connectivity index (χ4n) is 3.82. The van der Waals surface area contributed by atoms with Crippen LogP contribution in [0.1, 0.15) is 45.1 Å². The minimum absolute atomic E-state index is 0.0141. The van der Waals surface area contributed by atoms with E-state index in [9.17, 15) is 14.4 Å². The molecule has 170 valence electrons. The number of aromatic nitrogens is 2. The number of nitrogens with two attached hydrogens (primary N) is 1. The van der Waals surface area contributed by atoms with Crippen molar-refractivity contribution in [2.45, 2.75) is 46.1 Å². The maximum Gasteiger partial charge on any atom is 0.330 e. The number of H-pyrrole nitrogens is 1. The summed E-state index contributed by atoms with van der Waals surface area (Å²) >= 11 is 0. The van der Waals surface area contributed by atoms with Gasteiger partial charge in [0.05, 0.1) is 13.0 Å². The van der Waals surface area contributed by atoms with E-state index in [-0.39, 0.29) is 24.0 Å². The summed E-state index contributed by atoms with van der Waals surface area (Å²) in [5.74, 6) is -0.00541. The molecule has 3 N–H and O–H groups in total. The number of likely N-dealkylation sites (N-methyl/N-ethyl adjacent to an activating group) is 1. The Balaban J connectivity index is 1.99. The van der Waals surface area contributed by atoms with Gasteiger partial charge in [-0.25, -0.2) is 4.79 Å². The van der Waals surface area contributed by atoms with Gasteiger partial charge in [0.15, 0.2) is 5.69 Å². The molecule has 1 amide bonds. The van der Waals surface area contributed by atoms with Crippen molar-refractivity contribution in [1.29, 1.82) is 0 Å². The summed E-state index contributed by atoms with van der Waals surface area (Å²) in [6.07, 6.45) is 1.59. The number of carbonyl (C=O) groups excluding carboxylic acids is 1. The third-order valence-corrected chi connectivity index (χ3v) is 5.74. The molecular weight excluding hydrogens is 408 g/mol. The number of ether oxygens (including phenoxy) is 1. The molecule has 0 fully saturated rings. The van der Waals surface area contributed by atoms with Crippen LogP contribution in [-0.2, 0) is 11.3 Å². The van der Waals surface area contributed by atoms with Crippen LogP contribution in [0.25, 0.3) is 10.8 Å². The normalized spacial score (nSPS) is 12.0. The van der Waals surface area contributed by atoms with Gasteiger partial charge >= 0.3 is 5.69 Å². The first-order chi connectivity index (χ1) is 15.3. The summed E-state index contributed by atoms with van der Waals surface area (Å²) in [7, 11) is 1.62. The zero-order valence-electron chi connectivity index (χ0n) is 19.0. The number of unbranched alkanes of at least 4 members (excludes halogenated alkanes) is 1. The number of anilines is 2. The molecule has 0 aliphatic carbocycles. The Labute approximate surface area is 186 Å². The van der Waals surface area contributed by atoms with Crippen molar-refractivity contribution in [1.82, 2.24) is 9.55 Å². The minimum Gasteiger partial charge on any atom is -0.497 e. The molecule has 0 aliphatic rings. The third-order valence-electron chi connectivity index (χ3n) is 5.74. The minimum atomic E-state index is -0.659. The van der Waals surface area contributed by atoms with E-state index >= 15 is 0 Å². The molecule has 32 heavy (non-hydrogen) atoms. The third kappa shape index (κ3) is 4.39. The van der Waals surface area contributed by atoms with Gasteiger partial charge in [0.1, 0.15) is 11.6 Å². The van der Waals surface area contributed by atoms with E-state index in [0.29, 0.717) is 6.54 Å². The molecule has 0 radical (unpaired) electrons. The summed E-state index contributed by atoms with van der Waals surface area (Å²) in [4.78, 5) is 42.0. The molecule has 8 heteroatoms. The summed E-state index contributed by atoms with van der Waals surface area (Å²) in [6, 6.07) is 11.5. The predicted octanol–water partition coefficient (Wildman–Crippen LogP) is 3.24. The van der Waals surface area contributed by atoms with E-state index in [4.69, 9.17) is 10.5 Å². The van der Waals surface area contributed by atoms with Gasteiger partial charge in [0.2, 0.25) is 5.91 Å². The molecule has 3 aromatic rings. The number of fused-ring (bicyclic) bond motifs is 1. The van der Waals surface area contributed by atoms with E-state index in [1.807, 2.05) is 43.3 Å². The van der Waals surface area contributed by atoms with Crippen molar-refractivity contribution >= 4 is 28.2 Å². The molecule has 3 rings (SSSR count). The SMILES string of the molecule is CCCCn1c(N)c(N(CC)C(=O)C(C)c2ccc3cc(OC)ccc3c2)c(=O)[nH]c1=O. The quantitative estimate of drug-likeness (QED) is 0.561. The summed E-state index contributed by atoms with van der Waals surface area (Å²) < 4.78 is 6.59. The molecule has 1 unspecified atom stereocenters. The molecule has 8 nitrogen and oxygen atoms in total. The van der Waals surface area contributed by atoms with Crippen molar-refractivity contribution in [3.8, 4) is 5.75 Å². The van der Waals surface area contributed by atoms with Crippen molar-refractivity contribution in [3.63, 3.8) is 0 Å². The first kappa shape index (κ1) is 23.1. The highest BCUT2D eigenvalue weighted by molar-refractivity contribution is 6.00. The fourth-order valence-corrected chi connectivity index (χ4v) is 3.82. The Bertz CT molecular complexity index is 1240. The van der Waals surface area contributed by atoms with Gasteiger partial charge in [-0.1, -0.05) is 37.6 Å². The van der Waals surface area contributed by atoms with Crippen molar-refractivity contribution in [3.05, 3.63) is 62.8 Å². The monoisotopic (exact) mass is 438 g/mol. The van der Waals surface area contributed by atoms with Gasteiger partial charge in [0, 0.05) is 13.1 Å². The molecule has 0 saturated heterocycles. The number of hydrogen-bond donors (Lipinski definition) is 2. The van der Waals surface area contributed by atoms with E-state index in [1.165, 1.54) is 9.47 Å². The second kappa shape index (κ2) is 9.72. The van der Waals surface area contributed by atoms with Crippen molar-refractivity contribution < 1.29 is 9.53 Å². The van der Waals surface area contributed by atoms with Gasteiger partial charge in [-0.3, -0.25) is 19.1 Å².